The van der Waals surface area contributed by atoms with E-state index in [1.807, 2.05) is 0 Å². The number of esters is 1. The molecule has 0 saturated carbocycles. The van der Waals surface area contributed by atoms with Crippen LogP contribution in [0.15, 0.2) is 24.7 Å². The molecular formula is C10H9FN4O2. The van der Waals surface area contributed by atoms with Crippen LogP contribution in [0.2, 0.25) is 0 Å². The second kappa shape index (κ2) is 5.15. The van der Waals surface area contributed by atoms with E-state index in [0.29, 0.717) is 0 Å². The highest BCUT2D eigenvalue weighted by atomic mass is 19.1. The Balaban J connectivity index is 1.84. The number of pyridine rings is 1. The van der Waals surface area contributed by atoms with E-state index in [9.17, 15) is 9.18 Å². The quantitative estimate of drug-likeness (QED) is 0.792. The van der Waals surface area contributed by atoms with Crippen LogP contribution >= 0.6 is 0 Å². The Morgan fingerprint density at radius 2 is 2.35 bits per heavy atom. The van der Waals surface area contributed by atoms with E-state index in [1.165, 1.54) is 24.7 Å². The number of ether oxygens (including phenoxy) is 1. The smallest absolute Gasteiger partial charge is 0.378 e. The fraction of sp³-hybridized carbons (Fsp3) is 0.200. The maximum atomic E-state index is 13.2. The van der Waals surface area contributed by atoms with Crippen LogP contribution in [0.4, 0.5) is 4.39 Å². The Morgan fingerprint density at radius 3 is 3.06 bits per heavy atom. The van der Waals surface area contributed by atoms with Crippen molar-refractivity contribution in [2.75, 3.05) is 6.61 Å². The van der Waals surface area contributed by atoms with Gasteiger partial charge in [0.25, 0.3) is 5.82 Å². The number of aromatic nitrogens is 4. The van der Waals surface area contributed by atoms with Crippen LogP contribution in [-0.2, 0) is 11.2 Å². The van der Waals surface area contributed by atoms with Gasteiger partial charge in [0.1, 0.15) is 12.1 Å². The van der Waals surface area contributed by atoms with Gasteiger partial charge < -0.3 is 4.74 Å². The molecule has 0 spiro atoms. The van der Waals surface area contributed by atoms with Gasteiger partial charge >= 0.3 is 5.97 Å². The molecular weight excluding hydrogens is 227 g/mol. The highest BCUT2D eigenvalue weighted by molar-refractivity contribution is 5.84. The monoisotopic (exact) mass is 236 g/mol. The fourth-order valence-electron chi connectivity index (χ4n) is 1.21. The third kappa shape index (κ3) is 2.83. The van der Waals surface area contributed by atoms with Crippen LogP contribution in [0.25, 0.3) is 0 Å². The van der Waals surface area contributed by atoms with Crippen molar-refractivity contribution in [2.45, 2.75) is 6.42 Å². The molecule has 0 radical (unpaired) electrons. The number of H-pyrrole nitrogens is 1. The van der Waals surface area contributed by atoms with Gasteiger partial charge in [-0.1, -0.05) is 0 Å². The minimum Gasteiger partial charge on any atom is -0.459 e. The van der Waals surface area contributed by atoms with Gasteiger partial charge in [0.15, 0.2) is 0 Å². The lowest BCUT2D eigenvalue weighted by atomic mass is 10.3. The van der Waals surface area contributed by atoms with Gasteiger partial charge in [0.2, 0.25) is 0 Å². The number of halogens is 1. The Bertz CT molecular complexity index is 501. The van der Waals surface area contributed by atoms with Crippen molar-refractivity contribution in [3.63, 3.8) is 0 Å². The van der Waals surface area contributed by atoms with Crippen molar-refractivity contribution in [2.24, 2.45) is 0 Å². The van der Waals surface area contributed by atoms with E-state index < -0.39 is 11.8 Å². The Hall–Kier alpha value is -2.31. The standard InChI is InChI=1S/C10H9FN4O2/c11-7-2-1-4-12-8(7)3-5-17-10(16)9-13-6-14-15-9/h1-2,4,6H,3,5H2,(H,13,14,15). The normalized spacial score (nSPS) is 10.2. The summed E-state index contributed by atoms with van der Waals surface area (Å²) in [7, 11) is 0. The summed E-state index contributed by atoms with van der Waals surface area (Å²) in [6, 6.07) is 2.80. The zero-order chi connectivity index (χ0) is 12.1. The molecule has 0 aromatic carbocycles. The summed E-state index contributed by atoms with van der Waals surface area (Å²) in [5, 5.41) is 5.95. The van der Waals surface area contributed by atoms with Crippen LogP contribution in [0.3, 0.4) is 0 Å². The second-order valence-corrected chi connectivity index (χ2v) is 3.14. The molecule has 6 nitrogen and oxygen atoms in total. The van der Waals surface area contributed by atoms with Gasteiger partial charge in [-0.15, -0.1) is 5.10 Å². The highest BCUT2D eigenvalue weighted by Gasteiger charge is 2.11. The number of aromatic amines is 1. The molecule has 7 heteroatoms. The molecule has 0 fully saturated rings. The summed E-state index contributed by atoms with van der Waals surface area (Å²) in [6.45, 7) is 0.0291. The average molecular weight is 236 g/mol. The molecule has 0 aliphatic heterocycles. The molecule has 2 aromatic heterocycles. The van der Waals surface area contributed by atoms with E-state index in [2.05, 4.69) is 20.2 Å². The number of hydrogen-bond acceptors (Lipinski definition) is 5. The molecule has 2 rings (SSSR count). The predicted octanol–water partition coefficient (Wildman–Crippen LogP) is 0.738. The summed E-state index contributed by atoms with van der Waals surface area (Å²) < 4.78 is 18.0. The molecule has 17 heavy (non-hydrogen) atoms. The molecule has 2 aromatic rings. The van der Waals surface area contributed by atoms with Crippen molar-refractivity contribution in [3.05, 3.63) is 42.0 Å². The molecule has 0 atom stereocenters. The molecule has 0 aliphatic rings. The minimum atomic E-state index is -0.650. The molecule has 1 N–H and O–H groups in total. The summed E-state index contributed by atoms with van der Waals surface area (Å²) >= 11 is 0. The lowest BCUT2D eigenvalue weighted by Crippen LogP contribution is -2.11. The van der Waals surface area contributed by atoms with Crippen LogP contribution < -0.4 is 0 Å². The molecule has 0 bridgehead atoms. The first-order valence-electron chi connectivity index (χ1n) is 4.89. The molecule has 2 heterocycles. The van der Waals surface area contributed by atoms with Crippen molar-refractivity contribution in [1.82, 2.24) is 20.2 Å². The SMILES string of the molecule is O=C(OCCc1ncccc1F)c1nc[nH]n1. The van der Waals surface area contributed by atoms with Crippen LogP contribution in [0.5, 0.6) is 0 Å². The van der Waals surface area contributed by atoms with E-state index in [4.69, 9.17) is 4.74 Å². The third-order valence-corrected chi connectivity index (χ3v) is 2.00. The van der Waals surface area contributed by atoms with E-state index in [0.717, 1.165) is 0 Å². The molecule has 0 amide bonds. The largest absolute Gasteiger partial charge is 0.459 e. The minimum absolute atomic E-state index is 0.0291. The van der Waals surface area contributed by atoms with E-state index in [1.54, 1.807) is 0 Å². The first-order chi connectivity index (χ1) is 8.27. The number of hydrogen-bond donors (Lipinski definition) is 1. The molecule has 0 saturated heterocycles. The Kier molecular flexibility index (Phi) is 3.39. The summed E-state index contributed by atoms with van der Waals surface area (Å²) in [6.07, 6.45) is 2.97. The molecule has 88 valence electrons. The lowest BCUT2D eigenvalue weighted by molar-refractivity contribution is 0.0493. The van der Waals surface area contributed by atoms with Crippen molar-refractivity contribution < 1.29 is 13.9 Å². The maximum absolute atomic E-state index is 13.2. The maximum Gasteiger partial charge on any atom is 0.378 e. The number of carbonyl (C=O) groups is 1. The number of nitrogens with one attached hydrogen (secondary N) is 1. The van der Waals surface area contributed by atoms with Crippen molar-refractivity contribution >= 4 is 5.97 Å². The zero-order valence-electron chi connectivity index (χ0n) is 8.76. The van der Waals surface area contributed by atoms with Crippen LogP contribution in [-0.4, -0.2) is 32.7 Å². The number of carbonyl (C=O) groups excluding carboxylic acids is 1. The summed E-state index contributed by atoms with van der Waals surface area (Å²) in [5.41, 5.74) is 0.260. The molecule has 0 aliphatic carbocycles. The van der Waals surface area contributed by atoms with E-state index in [-0.39, 0.29) is 24.5 Å². The first kappa shape index (κ1) is 11.2. The second-order valence-electron chi connectivity index (χ2n) is 3.14. The number of nitrogens with zero attached hydrogens (tertiary/aromatic N) is 3. The highest BCUT2D eigenvalue weighted by Crippen LogP contribution is 2.03. The van der Waals surface area contributed by atoms with Crippen LogP contribution in [0.1, 0.15) is 16.3 Å². The van der Waals surface area contributed by atoms with Gasteiger partial charge in [-0.3, -0.25) is 10.1 Å². The first-order valence-corrected chi connectivity index (χ1v) is 4.89. The Labute approximate surface area is 95.9 Å². The summed E-state index contributed by atoms with van der Waals surface area (Å²) in [4.78, 5) is 18.8. The molecule has 0 unspecified atom stereocenters. The fourth-order valence-corrected chi connectivity index (χ4v) is 1.21. The van der Waals surface area contributed by atoms with Crippen LogP contribution in [0, 0.1) is 5.82 Å². The number of rotatable bonds is 4. The zero-order valence-corrected chi connectivity index (χ0v) is 8.76. The predicted molar refractivity (Wildman–Crippen MR) is 54.6 cm³/mol. The van der Waals surface area contributed by atoms with Crippen molar-refractivity contribution in [3.8, 4) is 0 Å². The van der Waals surface area contributed by atoms with Crippen molar-refractivity contribution in [1.29, 1.82) is 0 Å². The average Bonchev–Trinajstić information content (AvgIpc) is 2.85. The van der Waals surface area contributed by atoms with Gasteiger partial charge in [-0.25, -0.2) is 14.2 Å². The van der Waals surface area contributed by atoms with Gasteiger partial charge in [-0.05, 0) is 12.1 Å². The van der Waals surface area contributed by atoms with Gasteiger partial charge in [0, 0.05) is 12.6 Å². The topological polar surface area (TPSA) is 80.8 Å². The van der Waals surface area contributed by atoms with Gasteiger partial charge in [0.05, 0.1) is 12.3 Å². The van der Waals surface area contributed by atoms with Gasteiger partial charge in [-0.2, -0.15) is 0 Å². The Morgan fingerprint density at radius 1 is 1.47 bits per heavy atom. The summed E-state index contributed by atoms with van der Waals surface area (Å²) in [5.74, 6) is -1.12. The van der Waals surface area contributed by atoms with E-state index >= 15 is 0 Å². The third-order valence-electron chi connectivity index (χ3n) is 2.00. The lowest BCUT2D eigenvalue weighted by Gasteiger charge is -2.02.